The first-order valence-corrected chi connectivity index (χ1v) is 14.6. The highest BCUT2D eigenvalue weighted by Crippen LogP contribution is 2.24. The van der Waals surface area contributed by atoms with Gasteiger partial charge in [0.2, 0.25) is 26.0 Å². The van der Waals surface area contributed by atoms with E-state index in [1.165, 1.54) is 22.0 Å². The van der Waals surface area contributed by atoms with Gasteiger partial charge in [0, 0.05) is 31.6 Å². The maximum absolute atomic E-state index is 13.0. The molecule has 0 radical (unpaired) electrons. The van der Waals surface area contributed by atoms with Crippen LogP contribution in [0.3, 0.4) is 0 Å². The Balaban J connectivity index is 1.52. The van der Waals surface area contributed by atoms with Crippen molar-refractivity contribution in [3.63, 3.8) is 0 Å². The summed E-state index contributed by atoms with van der Waals surface area (Å²) in [7, 11) is -7.24. The predicted octanol–water partition coefficient (Wildman–Crippen LogP) is 2.74. The number of amides is 1. The summed E-state index contributed by atoms with van der Waals surface area (Å²) in [5, 5.41) is 3.73. The highest BCUT2D eigenvalue weighted by Gasteiger charge is 2.32. The van der Waals surface area contributed by atoms with E-state index in [-0.39, 0.29) is 36.2 Å². The number of sulfonamides is 2. The van der Waals surface area contributed by atoms with Crippen molar-refractivity contribution >= 4 is 26.0 Å². The minimum Gasteiger partial charge on any atom is -0.352 e. The van der Waals surface area contributed by atoms with Crippen LogP contribution >= 0.6 is 0 Å². The Morgan fingerprint density at radius 2 is 1.69 bits per heavy atom. The molecule has 35 heavy (non-hydrogen) atoms. The monoisotopic (exact) mass is 519 g/mol. The zero-order valence-corrected chi connectivity index (χ0v) is 21.7. The summed E-state index contributed by atoms with van der Waals surface area (Å²) in [5.74, 6) is 0.206. The molecule has 1 fully saturated rings. The normalized spacial score (nSPS) is 16.9. The number of hydrogen-bond acceptors (Lipinski definition) is 5. The van der Waals surface area contributed by atoms with Crippen molar-refractivity contribution in [3.8, 4) is 0 Å². The Morgan fingerprint density at radius 1 is 1.06 bits per heavy atom. The lowest BCUT2D eigenvalue weighted by Crippen LogP contribution is -2.32. The van der Waals surface area contributed by atoms with Crippen molar-refractivity contribution in [3.05, 3.63) is 77.2 Å². The predicted molar refractivity (Wildman–Crippen MR) is 137 cm³/mol. The van der Waals surface area contributed by atoms with Gasteiger partial charge in [-0.05, 0) is 47.1 Å². The van der Waals surface area contributed by atoms with E-state index in [9.17, 15) is 21.6 Å². The summed E-state index contributed by atoms with van der Waals surface area (Å²) < 4.78 is 52.8. The van der Waals surface area contributed by atoms with Crippen molar-refractivity contribution in [1.82, 2.24) is 14.3 Å². The topological polar surface area (TPSA) is 113 Å². The van der Waals surface area contributed by atoms with Crippen LogP contribution in [0.2, 0.25) is 0 Å². The molecule has 1 saturated heterocycles. The molecule has 0 aromatic heterocycles. The van der Waals surface area contributed by atoms with Crippen molar-refractivity contribution < 1.29 is 21.6 Å². The first-order chi connectivity index (χ1) is 16.5. The lowest BCUT2D eigenvalue weighted by Gasteiger charge is -2.17. The molecule has 1 unspecified atom stereocenters. The summed E-state index contributed by atoms with van der Waals surface area (Å²) >= 11 is 0. The Morgan fingerprint density at radius 3 is 2.29 bits per heavy atom. The van der Waals surface area contributed by atoms with E-state index in [0.29, 0.717) is 25.4 Å². The van der Waals surface area contributed by atoms with E-state index in [2.05, 4.69) is 42.6 Å². The van der Waals surface area contributed by atoms with Crippen LogP contribution in [0.15, 0.2) is 65.4 Å². The van der Waals surface area contributed by atoms with Gasteiger partial charge in [0.25, 0.3) is 0 Å². The molecule has 1 aliphatic rings. The van der Waals surface area contributed by atoms with Gasteiger partial charge < -0.3 is 5.32 Å². The SMILES string of the molecule is C=CS(=O)(=O)NCC1CCN(S(=O)(=O)c2ccc(CC(=O)NCc3ccc(C(C)C)cc3)cc2)C1. The van der Waals surface area contributed by atoms with Crippen molar-refractivity contribution in [2.45, 2.75) is 44.0 Å². The number of nitrogens with one attached hydrogen (secondary N) is 2. The molecule has 1 atom stereocenters. The Kier molecular flexibility index (Phi) is 8.87. The molecule has 190 valence electrons. The highest BCUT2D eigenvalue weighted by molar-refractivity contribution is 7.92. The second-order valence-electron chi connectivity index (χ2n) is 9.07. The standard InChI is InChI=1S/C25H33N3O5S2/c1-4-34(30,31)27-17-22-13-14-28(18-22)35(32,33)24-11-7-20(8-12-24)15-25(29)26-16-21-5-9-23(10-6-21)19(2)3/h4-12,19,22,27H,1,13-18H2,2-3H3,(H,26,29). The molecule has 1 aliphatic heterocycles. The molecule has 1 heterocycles. The van der Waals surface area contributed by atoms with Gasteiger partial charge in [-0.1, -0.05) is 56.8 Å². The first-order valence-electron chi connectivity index (χ1n) is 11.6. The van der Waals surface area contributed by atoms with Gasteiger partial charge in [-0.3, -0.25) is 4.79 Å². The third-order valence-electron chi connectivity index (χ3n) is 6.10. The first kappa shape index (κ1) is 27.1. The summed E-state index contributed by atoms with van der Waals surface area (Å²) in [4.78, 5) is 12.5. The van der Waals surface area contributed by atoms with Crippen LogP contribution in [0.25, 0.3) is 0 Å². The zero-order valence-electron chi connectivity index (χ0n) is 20.1. The molecule has 2 N–H and O–H groups in total. The van der Waals surface area contributed by atoms with Crippen LogP contribution in [0.5, 0.6) is 0 Å². The van der Waals surface area contributed by atoms with Gasteiger partial charge in [0.15, 0.2) is 0 Å². The summed E-state index contributed by atoms with van der Waals surface area (Å²) in [5.41, 5.74) is 2.98. The molecule has 2 aromatic carbocycles. The summed E-state index contributed by atoms with van der Waals surface area (Å²) in [6.45, 7) is 8.67. The quantitative estimate of drug-likeness (QED) is 0.474. The number of nitrogens with zero attached hydrogens (tertiary/aromatic N) is 1. The fourth-order valence-corrected chi connectivity index (χ4v) is 5.99. The Bertz CT molecular complexity index is 1240. The molecule has 0 saturated carbocycles. The van der Waals surface area contributed by atoms with E-state index < -0.39 is 20.0 Å². The maximum Gasteiger partial charge on any atom is 0.243 e. The molecule has 0 aliphatic carbocycles. The van der Waals surface area contributed by atoms with Crippen LogP contribution in [0.1, 0.15) is 42.9 Å². The third kappa shape index (κ3) is 7.47. The minimum absolute atomic E-state index is 0.107. The van der Waals surface area contributed by atoms with Gasteiger partial charge >= 0.3 is 0 Å². The van der Waals surface area contributed by atoms with Crippen molar-refractivity contribution in [2.75, 3.05) is 19.6 Å². The Labute approximate surface area is 208 Å². The van der Waals surface area contributed by atoms with Gasteiger partial charge in [-0.2, -0.15) is 4.31 Å². The van der Waals surface area contributed by atoms with E-state index >= 15 is 0 Å². The van der Waals surface area contributed by atoms with Gasteiger partial charge in [0.05, 0.1) is 11.3 Å². The molecule has 8 nitrogen and oxygen atoms in total. The van der Waals surface area contributed by atoms with Gasteiger partial charge in [0.1, 0.15) is 0 Å². The molecule has 0 bridgehead atoms. The fraction of sp³-hybridized carbons (Fsp3) is 0.400. The van der Waals surface area contributed by atoms with Crippen LogP contribution in [0, 0.1) is 5.92 Å². The van der Waals surface area contributed by atoms with Gasteiger partial charge in [-0.25, -0.2) is 21.6 Å². The second kappa shape index (κ2) is 11.5. The summed E-state index contributed by atoms with van der Waals surface area (Å²) in [6.07, 6.45) is 0.719. The minimum atomic E-state index is -3.70. The molecule has 0 spiro atoms. The van der Waals surface area contributed by atoms with Crippen LogP contribution in [-0.4, -0.2) is 46.7 Å². The van der Waals surface area contributed by atoms with E-state index in [1.54, 1.807) is 12.1 Å². The van der Waals surface area contributed by atoms with Crippen molar-refractivity contribution in [1.29, 1.82) is 0 Å². The average Bonchev–Trinajstić information content (AvgIpc) is 3.32. The molecular formula is C25H33N3O5S2. The van der Waals surface area contributed by atoms with Crippen LogP contribution in [-0.2, 0) is 37.8 Å². The number of hydrogen-bond donors (Lipinski definition) is 2. The van der Waals surface area contributed by atoms with Crippen LogP contribution in [0.4, 0.5) is 0 Å². The Hall–Kier alpha value is -2.53. The van der Waals surface area contributed by atoms with Crippen molar-refractivity contribution in [2.24, 2.45) is 5.92 Å². The molecule has 2 aromatic rings. The number of rotatable bonds is 11. The van der Waals surface area contributed by atoms with Gasteiger partial charge in [-0.15, -0.1) is 0 Å². The molecule has 10 heteroatoms. The van der Waals surface area contributed by atoms with Crippen LogP contribution < -0.4 is 10.0 Å². The summed E-state index contributed by atoms with van der Waals surface area (Å²) in [6, 6.07) is 14.5. The van der Waals surface area contributed by atoms with E-state index in [4.69, 9.17) is 0 Å². The lowest BCUT2D eigenvalue weighted by molar-refractivity contribution is -0.120. The lowest BCUT2D eigenvalue weighted by atomic mass is 10.0. The zero-order chi connectivity index (χ0) is 25.6. The largest absolute Gasteiger partial charge is 0.352 e. The maximum atomic E-state index is 13.0. The van der Waals surface area contributed by atoms with E-state index in [1.807, 2.05) is 12.1 Å². The number of carbonyl (C=O) groups excluding carboxylic acids is 1. The molecule has 1 amide bonds. The third-order valence-corrected chi connectivity index (χ3v) is 8.99. The smallest absolute Gasteiger partial charge is 0.243 e. The average molecular weight is 520 g/mol. The number of benzene rings is 2. The fourth-order valence-electron chi connectivity index (χ4n) is 3.87. The second-order valence-corrected chi connectivity index (χ2v) is 12.7. The van der Waals surface area contributed by atoms with E-state index in [0.717, 1.165) is 16.5 Å². The number of carbonyl (C=O) groups is 1. The highest BCUT2D eigenvalue weighted by atomic mass is 32.2. The molecular weight excluding hydrogens is 486 g/mol. The molecule has 3 rings (SSSR count).